The summed E-state index contributed by atoms with van der Waals surface area (Å²) in [6.07, 6.45) is 4.17. The molecule has 5 rings (SSSR count). The number of hydrogen-bond donors (Lipinski definition) is 3. The fourth-order valence-electron chi connectivity index (χ4n) is 4.01. The van der Waals surface area contributed by atoms with E-state index >= 15 is 0 Å². The van der Waals surface area contributed by atoms with Crippen LogP contribution in [0.4, 0.5) is 5.13 Å². The van der Waals surface area contributed by atoms with Crippen LogP contribution in [0.2, 0.25) is 0 Å². The number of β-lactam (4-membered cyclic amide) rings is 1. The molecule has 4 N–H and O–H groups in total. The topological polar surface area (TPSA) is 181 Å². The fraction of sp³-hybridized carbons (Fsp3) is 0.238. The second-order valence-electron chi connectivity index (χ2n) is 7.85. The summed E-state index contributed by atoms with van der Waals surface area (Å²) in [5.41, 5.74) is 6.73. The van der Waals surface area contributed by atoms with Gasteiger partial charge in [0, 0.05) is 22.8 Å². The quantitative estimate of drug-likeness (QED) is 0.113. The molecule has 0 aliphatic carbocycles. The number of thiazole rings is 2. The number of nitrogens with two attached hydrogens (primary N) is 1. The number of thioether (sulfide) groups is 1. The molecule has 16 heteroatoms. The number of aromatic nitrogens is 3. The van der Waals surface area contributed by atoms with Gasteiger partial charge in [0.2, 0.25) is 0 Å². The van der Waals surface area contributed by atoms with Crippen molar-refractivity contribution < 1.29 is 33.7 Å². The van der Waals surface area contributed by atoms with Crippen LogP contribution in [0.3, 0.4) is 0 Å². The highest BCUT2D eigenvalue weighted by atomic mass is 32.2. The van der Waals surface area contributed by atoms with Crippen LogP contribution in [0.15, 0.2) is 40.3 Å². The molecule has 3 aromatic heterocycles. The van der Waals surface area contributed by atoms with Gasteiger partial charge in [-0.15, -0.1) is 34.4 Å². The molecule has 2 aliphatic rings. The third-order valence-corrected chi connectivity index (χ3v) is 8.55. The van der Waals surface area contributed by atoms with Crippen molar-refractivity contribution in [1.82, 2.24) is 20.2 Å². The molecule has 0 saturated carbocycles. The van der Waals surface area contributed by atoms with Crippen molar-refractivity contribution in [3.8, 4) is 0 Å². The number of carboxylic acids is 1. The first-order valence-corrected chi connectivity index (χ1v) is 13.3. The molecule has 1 saturated heterocycles. The van der Waals surface area contributed by atoms with Crippen LogP contribution >= 0.6 is 34.4 Å². The molecule has 0 aromatic carbocycles. The lowest BCUT2D eigenvalue weighted by Crippen LogP contribution is -2.71. The first-order valence-electron chi connectivity index (χ1n) is 10.6. The minimum absolute atomic E-state index is 0.114. The maximum Gasteiger partial charge on any atom is 0.352 e. The number of aliphatic carboxylic acids is 1. The Morgan fingerprint density at radius 2 is 2.24 bits per heavy atom. The van der Waals surface area contributed by atoms with Gasteiger partial charge < -0.3 is 21.0 Å². The highest BCUT2D eigenvalue weighted by Crippen LogP contribution is 2.40. The number of hydrogen-bond acceptors (Lipinski definition) is 12. The average Bonchev–Trinajstić information content (AvgIpc) is 3.50. The van der Waals surface area contributed by atoms with E-state index in [2.05, 4.69) is 20.4 Å². The van der Waals surface area contributed by atoms with E-state index in [0.29, 0.717) is 28.1 Å². The molecule has 13 nitrogen and oxygen atoms in total. The highest BCUT2D eigenvalue weighted by Gasteiger charge is 2.54. The van der Waals surface area contributed by atoms with E-state index in [0.717, 1.165) is 16.0 Å². The van der Waals surface area contributed by atoms with Gasteiger partial charge in [-0.2, -0.15) is 4.57 Å². The number of nitrogen functional groups attached to an aromatic ring is 1. The van der Waals surface area contributed by atoms with Crippen molar-refractivity contribution >= 4 is 79.6 Å². The lowest BCUT2D eigenvalue weighted by molar-refractivity contribution is -0.687. The minimum Gasteiger partial charge on any atom is -0.477 e. The molecule has 3 aromatic rings. The Labute approximate surface area is 220 Å². The smallest absolute Gasteiger partial charge is 0.352 e. The lowest BCUT2D eigenvalue weighted by atomic mass is 10.0. The Morgan fingerprint density at radius 1 is 1.43 bits per heavy atom. The van der Waals surface area contributed by atoms with Crippen LogP contribution in [-0.4, -0.2) is 74.0 Å². The Balaban J connectivity index is 1.36. The highest BCUT2D eigenvalue weighted by molar-refractivity contribution is 8.00. The van der Waals surface area contributed by atoms with Crippen LogP contribution in [0.1, 0.15) is 15.5 Å². The second kappa shape index (κ2) is 9.87. The molecular formula is C21H18N7O6S3+. The number of oxime groups is 1. The zero-order valence-electron chi connectivity index (χ0n) is 19.0. The molecule has 0 bridgehead atoms. The number of carbonyl (C=O) groups excluding carboxylic acids is 3. The molecule has 0 radical (unpaired) electrons. The molecule has 5 heterocycles. The first-order chi connectivity index (χ1) is 17.8. The van der Waals surface area contributed by atoms with Gasteiger partial charge in [0.05, 0.1) is 4.70 Å². The summed E-state index contributed by atoms with van der Waals surface area (Å²) in [5, 5.41) is 17.8. The summed E-state index contributed by atoms with van der Waals surface area (Å²) in [6.45, 7) is 0.210. The number of anilines is 1. The number of aldehydes is 1. The van der Waals surface area contributed by atoms with Crippen molar-refractivity contribution in [2.75, 3.05) is 18.6 Å². The number of rotatable bonds is 8. The standard InChI is InChI=1S/C21H17N7O6S3/c1-34-26-14(11-8-36-21(22)24-11)17(30)25-15-18(31)28-16(20(32)33)9(7-35-19(15)28)4-27-3-2-12-10(5-27)23-13(6-29)37-12/h2-3,5-6,8,15,19H,4,7H2,1H3,(H3-,22,24,25,30,32,33)/p+1/b26-14-/t15?,19-/m0/s1. The second-order valence-corrected chi connectivity index (χ2v) is 10.9. The Kier molecular flexibility index (Phi) is 6.61. The number of fused-ring (bicyclic) bond motifs is 2. The van der Waals surface area contributed by atoms with Crippen molar-refractivity contribution in [3.63, 3.8) is 0 Å². The van der Waals surface area contributed by atoms with Crippen LogP contribution in [-0.2, 0) is 25.8 Å². The lowest BCUT2D eigenvalue weighted by Gasteiger charge is -2.49. The monoisotopic (exact) mass is 560 g/mol. The number of nitrogens with one attached hydrogen (secondary N) is 1. The van der Waals surface area contributed by atoms with E-state index in [1.54, 1.807) is 23.0 Å². The summed E-state index contributed by atoms with van der Waals surface area (Å²) >= 11 is 3.72. The number of amides is 2. The number of pyridine rings is 1. The van der Waals surface area contributed by atoms with E-state index < -0.39 is 29.2 Å². The van der Waals surface area contributed by atoms with Crippen molar-refractivity contribution in [2.45, 2.75) is 18.0 Å². The van der Waals surface area contributed by atoms with Crippen LogP contribution in [0, 0.1) is 0 Å². The molecule has 1 unspecified atom stereocenters. The summed E-state index contributed by atoms with van der Waals surface area (Å²) in [7, 11) is 1.27. The third-order valence-electron chi connectivity index (χ3n) is 5.58. The Morgan fingerprint density at radius 3 is 2.92 bits per heavy atom. The summed E-state index contributed by atoms with van der Waals surface area (Å²) < 4.78 is 2.59. The van der Waals surface area contributed by atoms with Gasteiger partial charge in [0.25, 0.3) is 11.8 Å². The van der Waals surface area contributed by atoms with Crippen LogP contribution < -0.4 is 15.6 Å². The average molecular weight is 561 g/mol. The van der Waals surface area contributed by atoms with Gasteiger partial charge in [-0.3, -0.25) is 19.3 Å². The maximum atomic E-state index is 13.0. The zero-order chi connectivity index (χ0) is 26.3. The molecule has 2 aliphatic heterocycles. The van der Waals surface area contributed by atoms with E-state index in [9.17, 15) is 24.3 Å². The van der Waals surface area contributed by atoms with Crippen LogP contribution in [0.25, 0.3) is 10.2 Å². The van der Waals surface area contributed by atoms with Gasteiger partial charge in [0.1, 0.15) is 35.4 Å². The molecule has 0 spiro atoms. The maximum absolute atomic E-state index is 13.0. The largest absolute Gasteiger partial charge is 0.477 e. The molecule has 1 fully saturated rings. The van der Waals surface area contributed by atoms with Crippen molar-refractivity contribution in [1.29, 1.82) is 0 Å². The van der Waals surface area contributed by atoms with E-state index in [4.69, 9.17) is 10.6 Å². The number of nitrogens with zero attached hydrogens (tertiary/aromatic N) is 5. The summed E-state index contributed by atoms with van der Waals surface area (Å²) in [5.74, 6) is -2.16. The van der Waals surface area contributed by atoms with Crippen molar-refractivity contribution in [2.24, 2.45) is 5.16 Å². The molecule has 2 atom stereocenters. The Bertz CT molecular complexity index is 1510. The molecule has 2 amide bonds. The fourth-order valence-corrected chi connectivity index (χ4v) is 6.65. The van der Waals surface area contributed by atoms with E-state index in [1.807, 2.05) is 0 Å². The van der Waals surface area contributed by atoms with Gasteiger partial charge >= 0.3 is 5.97 Å². The molecular weight excluding hydrogens is 542 g/mol. The van der Waals surface area contributed by atoms with E-state index in [1.165, 1.54) is 40.5 Å². The van der Waals surface area contributed by atoms with Gasteiger partial charge in [-0.1, -0.05) is 5.16 Å². The first kappa shape index (κ1) is 24.8. The predicted octanol–water partition coefficient (Wildman–Crippen LogP) is 0.224. The normalized spacial score (nSPS) is 19.4. The Hall–Kier alpha value is -3.89. The SMILES string of the molecule is CO/N=C(\C(=O)NC1C(=O)N2C(C(=O)O)=C(C[n+]3ccc4sc(C=O)nc4c3)CS[C@@H]12)c1csc(N)n1. The molecule has 190 valence electrons. The van der Waals surface area contributed by atoms with Crippen molar-refractivity contribution in [3.05, 3.63) is 45.8 Å². The minimum atomic E-state index is -1.24. The summed E-state index contributed by atoms with van der Waals surface area (Å²) in [4.78, 5) is 63.3. The van der Waals surface area contributed by atoms with Crippen LogP contribution in [0.5, 0.6) is 0 Å². The molecule has 37 heavy (non-hydrogen) atoms. The van der Waals surface area contributed by atoms with Gasteiger partial charge in [0.15, 0.2) is 41.1 Å². The van der Waals surface area contributed by atoms with Gasteiger partial charge in [-0.05, 0) is 0 Å². The van der Waals surface area contributed by atoms with E-state index in [-0.39, 0.29) is 28.8 Å². The van der Waals surface area contributed by atoms with Gasteiger partial charge in [-0.25, -0.2) is 14.8 Å². The predicted molar refractivity (Wildman–Crippen MR) is 135 cm³/mol. The summed E-state index contributed by atoms with van der Waals surface area (Å²) in [6, 6.07) is 0.849. The number of carbonyl (C=O) groups is 4. The third kappa shape index (κ3) is 4.54. The number of carboxylic acid groups (broad SMARTS) is 1. The zero-order valence-corrected chi connectivity index (χ0v) is 21.4.